The van der Waals surface area contributed by atoms with Crippen molar-refractivity contribution in [3.05, 3.63) is 433 Å². The predicted molar refractivity (Wildman–Crippen MR) is 468 cm³/mol. The second-order valence-electron chi connectivity index (χ2n) is 27.9. The van der Waals surface area contributed by atoms with Crippen LogP contribution >= 0.6 is 0 Å². The number of aryl methyl sites for hydroxylation is 8. The molecule has 0 fully saturated rings. The SMILES string of the molecule is Cc1c2ccccc2cc2ccccc12.Cc1cc2ccccc2c2ccccc12.Cc1ccc2c(ccc3ccccc32)c1.Cc1ccc2ccc3cccc4ccc1c2c34.Cc1ccc2ccccc2c1.Cc1cccc2c1ccc1ccccc12.Cc1cccc2ccccc12.Cc1ccccc1. The van der Waals surface area contributed by atoms with Gasteiger partial charge >= 0.3 is 0 Å². The minimum absolute atomic E-state index is 1.31. The Labute approximate surface area is 624 Å². The van der Waals surface area contributed by atoms with E-state index in [4.69, 9.17) is 0 Å². The Kier molecular flexibility index (Phi) is 21.7. The van der Waals surface area contributed by atoms with Crippen LogP contribution in [0, 0.1) is 55.4 Å². The maximum absolute atomic E-state index is 2.26. The average Bonchev–Trinajstić information content (AvgIpc) is 0.748. The summed E-state index contributed by atoms with van der Waals surface area (Å²) in [7, 11) is 0. The molecule has 0 bridgehead atoms. The quantitative estimate of drug-likeness (QED) is 0.105. The molecule has 21 rings (SSSR count). The van der Waals surface area contributed by atoms with Gasteiger partial charge in [0, 0.05) is 0 Å². The molecule has 0 atom stereocenters. The summed E-state index contributed by atoms with van der Waals surface area (Å²) in [5, 5.41) is 35.0. The fourth-order valence-electron chi connectivity index (χ4n) is 14.9. The number of hydrogen-bond acceptors (Lipinski definition) is 0. The summed E-state index contributed by atoms with van der Waals surface area (Å²) in [6, 6.07) is 138. The normalized spacial score (nSPS) is 10.8. The lowest BCUT2D eigenvalue weighted by molar-refractivity contribution is 1.48. The van der Waals surface area contributed by atoms with Crippen LogP contribution in [0.25, 0.3) is 140 Å². The Morgan fingerprint density at radius 3 is 1.02 bits per heavy atom. The first-order chi connectivity index (χ1) is 51.9. The van der Waals surface area contributed by atoms with Gasteiger partial charge in [-0.05, 0) is 229 Å². The summed E-state index contributed by atoms with van der Waals surface area (Å²) in [5.41, 5.74) is 10.7. The van der Waals surface area contributed by atoms with Crippen molar-refractivity contribution < 1.29 is 0 Å². The van der Waals surface area contributed by atoms with Gasteiger partial charge in [0.2, 0.25) is 0 Å². The molecule has 0 aromatic heterocycles. The van der Waals surface area contributed by atoms with Gasteiger partial charge in [0.1, 0.15) is 0 Å². The van der Waals surface area contributed by atoms with Crippen molar-refractivity contribution in [1.29, 1.82) is 0 Å². The molecule has 0 heteroatoms. The van der Waals surface area contributed by atoms with E-state index >= 15 is 0 Å². The highest BCUT2D eigenvalue weighted by molar-refractivity contribution is 6.23. The second kappa shape index (κ2) is 32.7. The van der Waals surface area contributed by atoms with Crippen molar-refractivity contribution in [1.82, 2.24) is 0 Å². The monoisotopic (exact) mass is 1360 g/mol. The molecule has 0 amide bonds. The van der Waals surface area contributed by atoms with Crippen LogP contribution in [0.4, 0.5) is 0 Å². The predicted octanol–water partition coefficient (Wildman–Crippen LogP) is 30.4. The molecular weight excluding hydrogens is 1270 g/mol. The van der Waals surface area contributed by atoms with Gasteiger partial charge in [-0.3, -0.25) is 0 Å². The second-order valence-corrected chi connectivity index (χ2v) is 27.9. The summed E-state index contributed by atoms with van der Waals surface area (Å²) in [6.45, 7) is 17.2. The van der Waals surface area contributed by atoms with Crippen molar-refractivity contribution in [2.75, 3.05) is 0 Å². The first-order valence-corrected chi connectivity index (χ1v) is 36.9. The number of rotatable bonds is 0. The third-order valence-electron chi connectivity index (χ3n) is 20.5. The molecule has 512 valence electrons. The van der Waals surface area contributed by atoms with Gasteiger partial charge in [-0.25, -0.2) is 0 Å². The van der Waals surface area contributed by atoms with Gasteiger partial charge in [-0.1, -0.05) is 399 Å². The number of hydrogen-bond donors (Lipinski definition) is 0. The smallest absolute Gasteiger partial charge is 0.00241 e. The van der Waals surface area contributed by atoms with Crippen LogP contribution in [0.2, 0.25) is 0 Å². The van der Waals surface area contributed by atoms with Crippen molar-refractivity contribution in [2.24, 2.45) is 0 Å². The molecule has 0 saturated carbocycles. The molecule has 0 spiro atoms. The largest absolute Gasteiger partial charge is 0.0622 e. The van der Waals surface area contributed by atoms with E-state index in [1.54, 1.807) is 0 Å². The van der Waals surface area contributed by atoms with Gasteiger partial charge < -0.3 is 0 Å². The Balaban J connectivity index is 0.000000103. The number of benzene rings is 21. The van der Waals surface area contributed by atoms with Crippen LogP contribution in [-0.2, 0) is 0 Å². The van der Waals surface area contributed by atoms with Crippen molar-refractivity contribution in [3.8, 4) is 0 Å². The first-order valence-electron chi connectivity index (χ1n) is 36.9. The van der Waals surface area contributed by atoms with E-state index in [-0.39, 0.29) is 0 Å². The minimum Gasteiger partial charge on any atom is -0.0622 e. The zero-order valence-corrected chi connectivity index (χ0v) is 62.0. The summed E-state index contributed by atoms with van der Waals surface area (Å²) in [4.78, 5) is 0. The fraction of sp³-hybridized carbons (Fsp3) is 0.0755. The molecule has 0 nitrogen and oxygen atoms in total. The topological polar surface area (TPSA) is 0 Å². The molecule has 21 aromatic carbocycles. The van der Waals surface area contributed by atoms with Gasteiger partial charge in [-0.15, -0.1) is 0 Å². The Hall–Kier alpha value is -12.7. The lowest BCUT2D eigenvalue weighted by Crippen LogP contribution is -1.85. The summed E-state index contributed by atoms with van der Waals surface area (Å²) >= 11 is 0. The van der Waals surface area contributed by atoms with E-state index in [1.165, 1.54) is 185 Å². The molecule has 0 unspecified atom stereocenters. The Morgan fingerprint density at radius 2 is 0.425 bits per heavy atom. The van der Waals surface area contributed by atoms with Crippen molar-refractivity contribution in [3.63, 3.8) is 0 Å². The Bertz CT molecular complexity index is 6490. The van der Waals surface area contributed by atoms with Crippen LogP contribution < -0.4 is 0 Å². The van der Waals surface area contributed by atoms with Gasteiger partial charge in [0.15, 0.2) is 0 Å². The fourth-order valence-corrected chi connectivity index (χ4v) is 14.9. The van der Waals surface area contributed by atoms with Crippen LogP contribution in [-0.4, -0.2) is 0 Å². The van der Waals surface area contributed by atoms with Crippen LogP contribution in [0.5, 0.6) is 0 Å². The molecule has 0 aliphatic rings. The lowest BCUT2D eigenvalue weighted by Gasteiger charge is -2.11. The number of fused-ring (bicyclic) bond motifs is 13. The highest BCUT2D eigenvalue weighted by atomic mass is 14.1. The zero-order valence-electron chi connectivity index (χ0n) is 62.0. The highest BCUT2D eigenvalue weighted by Gasteiger charge is 2.10. The van der Waals surface area contributed by atoms with Gasteiger partial charge in [0.25, 0.3) is 0 Å². The molecule has 0 saturated heterocycles. The molecule has 21 aromatic rings. The molecule has 0 radical (unpaired) electrons. The van der Waals surface area contributed by atoms with E-state index in [9.17, 15) is 0 Å². The van der Waals surface area contributed by atoms with E-state index < -0.39 is 0 Å². The molecular formula is C106H88. The van der Waals surface area contributed by atoms with Crippen molar-refractivity contribution in [2.45, 2.75) is 55.4 Å². The van der Waals surface area contributed by atoms with Crippen LogP contribution in [0.3, 0.4) is 0 Å². The van der Waals surface area contributed by atoms with Crippen molar-refractivity contribution >= 4 is 140 Å². The molecule has 0 aliphatic heterocycles. The lowest BCUT2D eigenvalue weighted by atomic mass is 9.92. The van der Waals surface area contributed by atoms with E-state index in [0.29, 0.717) is 0 Å². The zero-order chi connectivity index (χ0) is 72.9. The van der Waals surface area contributed by atoms with E-state index in [2.05, 4.69) is 425 Å². The summed E-state index contributed by atoms with van der Waals surface area (Å²) < 4.78 is 0. The summed E-state index contributed by atoms with van der Waals surface area (Å²) in [6.07, 6.45) is 0. The van der Waals surface area contributed by atoms with Crippen LogP contribution in [0.15, 0.2) is 388 Å². The van der Waals surface area contributed by atoms with Crippen LogP contribution in [0.1, 0.15) is 44.5 Å². The molecule has 0 aliphatic carbocycles. The standard InChI is InChI=1S/C17H12.4C15H12.2C11H10.C7H8/c1-11-5-6-14-8-7-12-3-2-4-13-9-10-15(11)17(14)16(12)13;1-11-14-8-4-2-6-12(14)10-13-7-3-5-9-15(11)13;1-11-10-12-6-2-3-8-14(12)15-9-5-4-7-13(11)15;1-11-5-4-8-15-13(11)10-9-12-6-2-3-7-14(12)15;1-11-6-9-15-13(10-11)8-7-12-4-2-3-5-14(12)15;1-9-5-4-7-10-6-2-3-8-11(9)10;1-9-6-7-10-4-2-3-5-11(10)8-9;1-7-5-3-2-4-6-7/h2-10H,1H3;4*2-10H,1H3;2*2-8H,1H3;2-6H,1H3. The van der Waals surface area contributed by atoms with E-state index in [1.807, 2.05) is 18.2 Å². The van der Waals surface area contributed by atoms with Gasteiger partial charge in [0.05, 0.1) is 0 Å². The molecule has 0 heterocycles. The third kappa shape index (κ3) is 15.9. The van der Waals surface area contributed by atoms with E-state index in [0.717, 1.165) is 0 Å². The maximum atomic E-state index is 2.26. The Morgan fingerprint density at radius 1 is 0.123 bits per heavy atom. The third-order valence-corrected chi connectivity index (χ3v) is 20.5. The average molecular weight is 1360 g/mol. The van der Waals surface area contributed by atoms with Gasteiger partial charge in [-0.2, -0.15) is 0 Å². The highest BCUT2D eigenvalue weighted by Crippen LogP contribution is 2.37. The summed E-state index contributed by atoms with van der Waals surface area (Å²) in [5.74, 6) is 0. The first kappa shape index (κ1) is 70.3. The molecule has 106 heavy (non-hydrogen) atoms. The minimum atomic E-state index is 1.31. The molecule has 0 N–H and O–H groups in total. The maximum Gasteiger partial charge on any atom is -0.00241 e.